The molecule has 0 spiro atoms. The Morgan fingerprint density at radius 3 is 2.74 bits per heavy atom. The van der Waals surface area contributed by atoms with Gasteiger partial charge in [-0.05, 0) is 43.5 Å². The molecule has 1 aliphatic carbocycles. The molecule has 0 unspecified atom stereocenters. The Morgan fingerprint density at radius 2 is 2.03 bits per heavy atom. The summed E-state index contributed by atoms with van der Waals surface area (Å²) in [4.78, 5) is 7.60. The van der Waals surface area contributed by atoms with E-state index < -0.39 is 18.3 Å². The smallest absolute Gasteiger partial charge is 0.387 e. The van der Waals surface area contributed by atoms with Crippen LogP contribution in [0.5, 0.6) is 5.75 Å². The highest BCUT2D eigenvalue weighted by Crippen LogP contribution is 2.42. The third-order valence-corrected chi connectivity index (χ3v) is 6.95. The Balaban J connectivity index is 1.56. The number of aliphatic hydroxyl groups excluding tert-OH is 1. The van der Waals surface area contributed by atoms with Gasteiger partial charge in [-0.2, -0.15) is 13.9 Å². The second-order valence-corrected chi connectivity index (χ2v) is 8.98. The van der Waals surface area contributed by atoms with Gasteiger partial charge in [0.1, 0.15) is 17.2 Å². The number of nitrogens with zero attached hydrogens (tertiary/aromatic N) is 3. The molecule has 1 aromatic carbocycles. The lowest BCUT2D eigenvalue weighted by Crippen LogP contribution is -2.31. The van der Waals surface area contributed by atoms with Crippen LogP contribution in [-0.4, -0.2) is 37.6 Å². The third kappa shape index (κ3) is 3.82. The zero-order valence-electron chi connectivity index (χ0n) is 18.4. The van der Waals surface area contributed by atoms with Gasteiger partial charge >= 0.3 is 6.61 Å². The average Bonchev–Trinajstić information content (AvgIpc) is 3.36. The van der Waals surface area contributed by atoms with Crippen LogP contribution in [0, 0.1) is 12.7 Å². The lowest BCUT2D eigenvalue weighted by atomic mass is 9.89. The van der Waals surface area contributed by atoms with Crippen LogP contribution in [0.25, 0.3) is 22.2 Å². The zero-order valence-corrected chi connectivity index (χ0v) is 19.2. The van der Waals surface area contributed by atoms with Crippen molar-refractivity contribution in [1.29, 1.82) is 0 Å². The van der Waals surface area contributed by atoms with E-state index in [9.17, 15) is 18.3 Å². The number of aliphatic hydroxyl groups is 1. The quantitative estimate of drug-likeness (QED) is 0.349. The summed E-state index contributed by atoms with van der Waals surface area (Å²) in [5.41, 5.74) is 4.15. The van der Waals surface area contributed by atoms with Gasteiger partial charge in [-0.3, -0.25) is 4.68 Å². The van der Waals surface area contributed by atoms with E-state index in [0.29, 0.717) is 24.1 Å². The summed E-state index contributed by atoms with van der Waals surface area (Å²) in [5, 5.41) is 14.6. The van der Waals surface area contributed by atoms with Crippen molar-refractivity contribution in [3.8, 4) is 16.9 Å². The van der Waals surface area contributed by atoms with Gasteiger partial charge in [0.2, 0.25) is 0 Å². The molecule has 6 nitrogen and oxygen atoms in total. The number of aromatic nitrogens is 4. The van der Waals surface area contributed by atoms with Gasteiger partial charge in [-0.15, -0.1) is 0 Å². The fourth-order valence-corrected chi connectivity index (χ4v) is 4.99. The molecule has 4 aromatic rings. The predicted molar refractivity (Wildman–Crippen MR) is 122 cm³/mol. The molecule has 0 saturated heterocycles. The number of ether oxygens (including phenoxy) is 1. The lowest BCUT2D eigenvalue weighted by molar-refractivity contribution is -0.0505. The van der Waals surface area contributed by atoms with Crippen molar-refractivity contribution in [3.05, 3.63) is 64.5 Å². The summed E-state index contributed by atoms with van der Waals surface area (Å²) in [7, 11) is 0. The number of H-pyrrole nitrogens is 1. The number of rotatable bonds is 6. The van der Waals surface area contributed by atoms with Crippen LogP contribution < -0.4 is 4.74 Å². The van der Waals surface area contributed by atoms with E-state index in [1.54, 1.807) is 25.5 Å². The molecule has 3 aromatic heterocycles. The van der Waals surface area contributed by atoms with Gasteiger partial charge in [0.05, 0.1) is 23.4 Å². The highest BCUT2D eigenvalue weighted by molar-refractivity contribution is 6.31. The molecule has 1 saturated carbocycles. The molecule has 3 heterocycles. The largest absolute Gasteiger partial charge is 0.434 e. The number of fused-ring (bicyclic) bond motifs is 1. The Hall–Kier alpha value is -3.04. The lowest BCUT2D eigenvalue weighted by Gasteiger charge is -2.32. The molecular formula is C24H22ClF3N4O2. The van der Waals surface area contributed by atoms with E-state index in [2.05, 4.69) is 19.8 Å². The minimum absolute atomic E-state index is 0.140. The van der Waals surface area contributed by atoms with Crippen LogP contribution in [-0.2, 0) is 0 Å². The van der Waals surface area contributed by atoms with E-state index in [0.717, 1.165) is 34.3 Å². The molecule has 1 atom stereocenters. The number of hydrogen-bond donors (Lipinski definition) is 2. The summed E-state index contributed by atoms with van der Waals surface area (Å²) in [6.07, 6.45) is 6.29. The van der Waals surface area contributed by atoms with Crippen molar-refractivity contribution in [2.24, 2.45) is 0 Å². The SMILES string of the molecule is Cc1c(-c2cnc3[nH]cc([C@H](C)c4c(OC(F)F)ccc(F)c4Cl)c3c2)cnn1[C@H]1C[C@@H](O)C1. The molecule has 5 rings (SSSR count). The second kappa shape index (κ2) is 8.63. The van der Waals surface area contributed by atoms with E-state index in [4.69, 9.17) is 11.6 Å². The molecule has 178 valence electrons. The van der Waals surface area contributed by atoms with E-state index in [1.165, 1.54) is 0 Å². The fraction of sp³-hybridized carbons (Fsp3) is 0.333. The first kappa shape index (κ1) is 22.7. The van der Waals surface area contributed by atoms with E-state index in [-0.39, 0.29) is 28.5 Å². The molecule has 0 radical (unpaired) electrons. The second-order valence-electron chi connectivity index (χ2n) is 8.60. The third-order valence-electron chi connectivity index (χ3n) is 6.56. The normalized spacial score (nSPS) is 18.9. The average molecular weight is 491 g/mol. The molecular weight excluding hydrogens is 469 g/mol. The van der Waals surface area contributed by atoms with E-state index in [1.807, 2.05) is 17.7 Å². The van der Waals surface area contributed by atoms with Crippen molar-refractivity contribution in [2.75, 3.05) is 0 Å². The molecule has 0 amide bonds. The Morgan fingerprint density at radius 1 is 1.26 bits per heavy atom. The summed E-state index contributed by atoms with van der Waals surface area (Å²) < 4.78 is 46.8. The Kier molecular flexibility index (Phi) is 5.77. The highest BCUT2D eigenvalue weighted by Gasteiger charge is 2.31. The van der Waals surface area contributed by atoms with Crippen LogP contribution >= 0.6 is 11.6 Å². The molecule has 10 heteroatoms. The summed E-state index contributed by atoms with van der Waals surface area (Å²) in [6.45, 7) is 0.651. The number of alkyl halides is 2. The van der Waals surface area contributed by atoms with E-state index >= 15 is 0 Å². The van der Waals surface area contributed by atoms with Crippen LogP contribution in [0.4, 0.5) is 13.2 Å². The number of nitrogens with one attached hydrogen (secondary N) is 1. The first-order valence-corrected chi connectivity index (χ1v) is 11.2. The molecule has 2 N–H and O–H groups in total. The van der Waals surface area contributed by atoms with Gasteiger partial charge in [0.25, 0.3) is 0 Å². The van der Waals surface area contributed by atoms with Crippen molar-refractivity contribution in [1.82, 2.24) is 19.7 Å². The van der Waals surface area contributed by atoms with Crippen molar-refractivity contribution in [2.45, 2.75) is 51.4 Å². The topological polar surface area (TPSA) is 76.0 Å². The van der Waals surface area contributed by atoms with Crippen molar-refractivity contribution < 1.29 is 23.0 Å². The van der Waals surface area contributed by atoms with Crippen molar-refractivity contribution >= 4 is 22.6 Å². The standard InChI is InChI=1S/C24H22ClF3N4O2/c1-11(21-20(34-24(27)28)4-3-19(26)22(21)25)17-9-30-23-16(17)5-13(8-29-23)18-10-31-32(12(18)2)14-6-15(33)7-14/h3-5,8-11,14-15,24,33H,6-7H2,1-2H3,(H,29,30)/t11-,14-,15+/m0/s1. The maximum Gasteiger partial charge on any atom is 0.387 e. The minimum atomic E-state index is -3.07. The minimum Gasteiger partial charge on any atom is -0.434 e. The van der Waals surface area contributed by atoms with Gasteiger partial charge in [-0.1, -0.05) is 18.5 Å². The first-order chi connectivity index (χ1) is 16.2. The Labute approximate surface area is 198 Å². The number of benzene rings is 1. The zero-order chi connectivity index (χ0) is 24.1. The fourth-order valence-electron chi connectivity index (χ4n) is 4.67. The number of hydrogen-bond acceptors (Lipinski definition) is 4. The maximum atomic E-state index is 14.2. The number of pyridine rings is 1. The molecule has 0 bridgehead atoms. The molecule has 34 heavy (non-hydrogen) atoms. The first-order valence-electron chi connectivity index (χ1n) is 10.9. The van der Waals surface area contributed by atoms with Crippen LogP contribution in [0.1, 0.15) is 48.5 Å². The monoisotopic (exact) mass is 490 g/mol. The van der Waals surface area contributed by atoms with Crippen LogP contribution in [0.3, 0.4) is 0 Å². The molecule has 1 aliphatic rings. The van der Waals surface area contributed by atoms with Crippen molar-refractivity contribution in [3.63, 3.8) is 0 Å². The van der Waals surface area contributed by atoms with Gasteiger partial charge in [0, 0.05) is 46.1 Å². The summed E-state index contributed by atoms with van der Waals surface area (Å²) >= 11 is 6.20. The summed E-state index contributed by atoms with van der Waals surface area (Å²) in [6, 6.07) is 4.28. The van der Waals surface area contributed by atoms with Gasteiger partial charge in [0.15, 0.2) is 0 Å². The number of aromatic amines is 1. The summed E-state index contributed by atoms with van der Waals surface area (Å²) in [5.74, 6) is -1.46. The Bertz CT molecular complexity index is 1360. The number of halogens is 4. The maximum absolute atomic E-state index is 14.2. The predicted octanol–water partition coefficient (Wildman–Crippen LogP) is 5.98. The van der Waals surface area contributed by atoms with Crippen LogP contribution in [0.2, 0.25) is 5.02 Å². The van der Waals surface area contributed by atoms with Gasteiger partial charge < -0.3 is 14.8 Å². The van der Waals surface area contributed by atoms with Gasteiger partial charge in [-0.25, -0.2) is 9.37 Å². The molecule has 0 aliphatic heterocycles. The highest BCUT2D eigenvalue weighted by atomic mass is 35.5. The van der Waals surface area contributed by atoms with Crippen LogP contribution in [0.15, 0.2) is 36.8 Å². The molecule has 1 fully saturated rings.